The number of rotatable bonds is 2. The van der Waals surface area contributed by atoms with Gasteiger partial charge in [0.1, 0.15) is 7.14 Å². The van der Waals surface area contributed by atoms with E-state index in [1.54, 1.807) is 0 Å². The van der Waals surface area contributed by atoms with Crippen molar-refractivity contribution in [2.45, 2.75) is 13.2 Å². The first-order valence-corrected chi connectivity index (χ1v) is 6.42. The molecule has 0 aliphatic heterocycles. The van der Waals surface area contributed by atoms with Crippen LogP contribution in [0.1, 0.15) is 5.56 Å². The van der Waals surface area contributed by atoms with Crippen LogP contribution in [-0.2, 0) is 10.9 Å². The van der Waals surface area contributed by atoms with Gasteiger partial charge in [0.05, 0.1) is 6.29 Å². The Labute approximate surface area is 67.6 Å². The van der Waals surface area contributed by atoms with Crippen LogP contribution in [0.3, 0.4) is 0 Å². The Bertz CT molecular complexity index is 284. The van der Waals surface area contributed by atoms with Crippen LogP contribution in [0.2, 0.25) is 0 Å². The Kier molecular flexibility index (Phi) is 2.24. The average Bonchev–Trinajstić information content (AvgIpc) is 2.10. The fourth-order valence-corrected chi connectivity index (χ4v) is 2.00. The highest BCUT2D eigenvalue weighted by molar-refractivity contribution is 7.61. The predicted octanol–water partition coefficient (Wildman–Crippen LogP) is 2.38. The molecule has 1 aromatic heterocycles. The van der Waals surface area contributed by atoms with E-state index in [-0.39, 0.29) is 0 Å². The van der Waals surface area contributed by atoms with Crippen LogP contribution < -0.4 is 0 Å². The number of nitrogens with zero attached hydrogens (tertiary/aromatic N) is 1. The molecule has 0 atom stereocenters. The molecule has 1 aromatic rings. The normalized spacial score (nSPS) is 11.9. The van der Waals surface area contributed by atoms with E-state index in [1.165, 1.54) is 5.56 Å². The molecule has 0 bridgehead atoms. The van der Waals surface area contributed by atoms with E-state index in [4.69, 9.17) is 0 Å². The second-order valence-corrected chi connectivity index (χ2v) is 6.85. The van der Waals surface area contributed by atoms with Gasteiger partial charge in [0.2, 0.25) is 0 Å². The fraction of sp³-hybridized carbons (Fsp3) is 0.500. The van der Waals surface area contributed by atoms with Gasteiger partial charge in [-0.25, -0.2) is 0 Å². The molecule has 0 amide bonds. The minimum Gasteiger partial charge on any atom is -0.347 e. The molecule has 0 fully saturated rings. The summed E-state index contributed by atoms with van der Waals surface area (Å²) >= 11 is 0. The quantitative estimate of drug-likeness (QED) is 0.626. The Morgan fingerprint density at radius 1 is 1.55 bits per heavy atom. The van der Waals surface area contributed by atoms with E-state index in [2.05, 4.69) is 0 Å². The topological polar surface area (TPSA) is 22.0 Å². The summed E-state index contributed by atoms with van der Waals surface area (Å²) in [5.41, 5.74) is 1.22. The minimum atomic E-state index is -1.91. The van der Waals surface area contributed by atoms with Crippen molar-refractivity contribution in [1.29, 1.82) is 0 Å². The largest absolute Gasteiger partial charge is 0.347 e. The van der Waals surface area contributed by atoms with Crippen LogP contribution in [0.15, 0.2) is 18.5 Å². The molecule has 0 saturated carbocycles. The van der Waals surface area contributed by atoms with E-state index in [0.29, 0.717) is 6.29 Å². The zero-order valence-electron chi connectivity index (χ0n) is 7.24. The molecule has 0 aromatic carbocycles. The zero-order valence-corrected chi connectivity index (χ0v) is 8.14. The first-order valence-electron chi connectivity index (χ1n) is 3.64. The first-order chi connectivity index (χ1) is 4.97. The van der Waals surface area contributed by atoms with E-state index >= 15 is 0 Å². The average molecular weight is 171 g/mol. The third-order valence-corrected chi connectivity index (χ3v) is 2.41. The molecular formula is C8H14NOP. The summed E-state index contributed by atoms with van der Waals surface area (Å²) in [6, 6.07) is 2.02. The van der Waals surface area contributed by atoms with Crippen LogP contribution in [0.25, 0.3) is 0 Å². The van der Waals surface area contributed by atoms with Gasteiger partial charge in [-0.2, -0.15) is 0 Å². The summed E-state index contributed by atoms with van der Waals surface area (Å²) in [5, 5.41) is 0. The molecule has 0 aliphatic carbocycles. The Balaban J connectivity index is 2.73. The summed E-state index contributed by atoms with van der Waals surface area (Å²) in [6.07, 6.45) is 4.63. The van der Waals surface area contributed by atoms with E-state index in [0.717, 1.165) is 0 Å². The summed E-state index contributed by atoms with van der Waals surface area (Å²) < 4.78 is 13.4. The van der Waals surface area contributed by atoms with Crippen molar-refractivity contribution in [3.8, 4) is 0 Å². The lowest BCUT2D eigenvalue weighted by Crippen LogP contribution is -1.93. The van der Waals surface area contributed by atoms with Gasteiger partial charge in [-0.1, -0.05) is 0 Å². The van der Waals surface area contributed by atoms with Gasteiger partial charge in [0.25, 0.3) is 0 Å². The molecule has 0 N–H and O–H groups in total. The maximum Gasteiger partial charge on any atom is 0.100 e. The Hall–Kier alpha value is -0.490. The molecule has 1 rings (SSSR count). The minimum absolute atomic E-state index is 0.654. The van der Waals surface area contributed by atoms with Crippen molar-refractivity contribution >= 4 is 7.14 Å². The maximum absolute atomic E-state index is 11.4. The number of aromatic nitrogens is 1. The van der Waals surface area contributed by atoms with Gasteiger partial charge in [0.15, 0.2) is 0 Å². The lowest BCUT2D eigenvalue weighted by Gasteiger charge is -2.06. The van der Waals surface area contributed by atoms with E-state index in [9.17, 15) is 4.57 Å². The summed E-state index contributed by atoms with van der Waals surface area (Å²) in [4.78, 5) is 0. The molecule has 62 valence electrons. The van der Waals surface area contributed by atoms with Crippen LogP contribution in [0.5, 0.6) is 0 Å². The summed E-state index contributed by atoms with van der Waals surface area (Å²) in [7, 11) is -1.91. The van der Waals surface area contributed by atoms with Crippen LogP contribution in [-0.4, -0.2) is 17.9 Å². The molecule has 0 spiro atoms. The van der Waals surface area contributed by atoms with Crippen molar-refractivity contribution < 1.29 is 4.57 Å². The second-order valence-electron chi connectivity index (χ2n) is 3.42. The third-order valence-electron chi connectivity index (χ3n) is 1.40. The van der Waals surface area contributed by atoms with Gasteiger partial charge in [0, 0.05) is 12.4 Å². The van der Waals surface area contributed by atoms with E-state index in [1.807, 2.05) is 43.3 Å². The smallest absolute Gasteiger partial charge is 0.100 e. The molecule has 2 nitrogen and oxygen atoms in total. The highest BCUT2D eigenvalue weighted by atomic mass is 31.2. The molecule has 1 heterocycles. The number of hydrogen-bond acceptors (Lipinski definition) is 1. The monoisotopic (exact) mass is 171 g/mol. The number of aryl methyl sites for hydroxylation is 1. The molecule has 0 saturated heterocycles. The third kappa shape index (κ3) is 2.94. The van der Waals surface area contributed by atoms with Crippen molar-refractivity contribution in [1.82, 2.24) is 4.57 Å². The molecule has 0 radical (unpaired) electrons. The highest BCUT2D eigenvalue weighted by Crippen LogP contribution is 2.37. The van der Waals surface area contributed by atoms with Gasteiger partial charge in [-0.05, 0) is 31.9 Å². The molecule has 11 heavy (non-hydrogen) atoms. The number of hydrogen-bond donors (Lipinski definition) is 0. The first kappa shape index (κ1) is 8.61. The molecule has 3 heteroatoms. The van der Waals surface area contributed by atoms with Gasteiger partial charge >= 0.3 is 0 Å². The SMILES string of the molecule is Cc1ccn(CP(C)(C)=O)c1. The zero-order chi connectivity index (χ0) is 8.48. The lowest BCUT2D eigenvalue weighted by molar-refractivity contribution is 0.574. The van der Waals surface area contributed by atoms with Gasteiger partial charge in [-0.15, -0.1) is 0 Å². The van der Waals surface area contributed by atoms with Crippen molar-refractivity contribution in [3.05, 3.63) is 24.0 Å². The van der Waals surface area contributed by atoms with Crippen molar-refractivity contribution in [2.24, 2.45) is 0 Å². The van der Waals surface area contributed by atoms with Crippen LogP contribution in [0, 0.1) is 6.92 Å². The van der Waals surface area contributed by atoms with Crippen LogP contribution in [0.4, 0.5) is 0 Å². The Morgan fingerprint density at radius 3 is 2.55 bits per heavy atom. The second kappa shape index (κ2) is 2.86. The summed E-state index contributed by atoms with van der Waals surface area (Å²) in [6.45, 7) is 5.65. The van der Waals surface area contributed by atoms with Crippen molar-refractivity contribution in [3.63, 3.8) is 0 Å². The molecular weight excluding hydrogens is 157 g/mol. The van der Waals surface area contributed by atoms with E-state index < -0.39 is 7.14 Å². The standard InChI is InChI=1S/C8H14NOP/c1-8-4-5-9(6-8)7-11(2,3)10/h4-6H,7H2,1-3H3. The highest BCUT2D eigenvalue weighted by Gasteiger charge is 2.06. The van der Waals surface area contributed by atoms with Crippen LogP contribution >= 0.6 is 7.14 Å². The van der Waals surface area contributed by atoms with Gasteiger partial charge < -0.3 is 9.13 Å². The van der Waals surface area contributed by atoms with Gasteiger partial charge in [-0.3, -0.25) is 0 Å². The van der Waals surface area contributed by atoms with Crippen molar-refractivity contribution in [2.75, 3.05) is 13.3 Å². The summed E-state index contributed by atoms with van der Waals surface area (Å²) in [5.74, 6) is 0. The fourth-order valence-electron chi connectivity index (χ4n) is 1.04. The predicted molar refractivity (Wildman–Crippen MR) is 48.6 cm³/mol. The maximum atomic E-state index is 11.4. The molecule has 0 unspecified atom stereocenters. The Morgan fingerprint density at radius 2 is 2.18 bits per heavy atom. The lowest BCUT2D eigenvalue weighted by atomic mass is 10.4. The molecule has 0 aliphatic rings.